The lowest BCUT2D eigenvalue weighted by molar-refractivity contribution is 0.443. The summed E-state index contributed by atoms with van der Waals surface area (Å²) in [5.74, 6) is 0.426. The van der Waals surface area contributed by atoms with Gasteiger partial charge in [-0.05, 0) is 42.9 Å². The van der Waals surface area contributed by atoms with E-state index in [0.29, 0.717) is 17.4 Å². The summed E-state index contributed by atoms with van der Waals surface area (Å²) in [4.78, 5) is 1.42. The van der Waals surface area contributed by atoms with Crippen molar-refractivity contribution in [1.29, 1.82) is 0 Å². The molecule has 0 saturated carbocycles. The molecule has 5 heteroatoms. The lowest BCUT2D eigenvalue weighted by Crippen LogP contribution is -2.29. The molecule has 0 heterocycles. The van der Waals surface area contributed by atoms with E-state index in [4.69, 9.17) is 0 Å². The molecule has 1 N–H and O–H groups in total. The Hall–Kier alpha value is -0.520. The maximum absolute atomic E-state index is 12.2. The average Bonchev–Trinajstić information content (AvgIpc) is 2.47. The summed E-state index contributed by atoms with van der Waals surface area (Å²) in [6, 6.07) is 7.02. The lowest BCUT2D eigenvalue weighted by atomic mass is 10.00. The van der Waals surface area contributed by atoms with Crippen molar-refractivity contribution in [3.63, 3.8) is 0 Å². The minimum atomic E-state index is -3.37. The molecule has 0 fully saturated rings. The van der Waals surface area contributed by atoms with E-state index in [1.807, 2.05) is 18.4 Å². The summed E-state index contributed by atoms with van der Waals surface area (Å²) in [5.41, 5.74) is 0. The Morgan fingerprint density at radius 2 is 1.85 bits per heavy atom. The number of sulfonamides is 1. The van der Waals surface area contributed by atoms with E-state index in [0.717, 1.165) is 30.6 Å². The summed E-state index contributed by atoms with van der Waals surface area (Å²) in [5, 5.41) is 0. The van der Waals surface area contributed by atoms with E-state index < -0.39 is 10.0 Å². The van der Waals surface area contributed by atoms with Gasteiger partial charge in [-0.3, -0.25) is 0 Å². The quantitative estimate of drug-likeness (QED) is 0.703. The Balaban J connectivity index is 2.63. The van der Waals surface area contributed by atoms with E-state index in [2.05, 4.69) is 18.6 Å². The summed E-state index contributed by atoms with van der Waals surface area (Å²) < 4.78 is 27.2. The van der Waals surface area contributed by atoms with Crippen LogP contribution in [0.2, 0.25) is 0 Å². The van der Waals surface area contributed by atoms with Crippen molar-refractivity contribution in [2.24, 2.45) is 5.92 Å². The highest BCUT2D eigenvalue weighted by Crippen LogP contribution is 2.18. The van der Waals surface area contributed by atoms with Gasteiger partial charge in [0.15, 0.2) is 0 Å². The first kappa shape index (κ1) is 17.5. The molecule has 0 aromatic heterocycles. The molecule has 0 saturated heterocycles. The van der Waals surface area contributed by atoms with E-state index >= 15 is 0 Å². The molecule has 20 heavy (non-hydrogen) atoms. The van der Waals surface area contributed by atoms with Gasteiger partial charge in [-0.25, -0.2) is 13.1 Å². The minimum absolute atomic E-state index is 0.348. The number of benzene rings is 1. The molecule has 0 amide bonds. The molecule has 1 atom stereocenters. The number of rotatable bonds is 9. The van der Waals surface area contributed by atoms with Crippen molar-refractivity contribution in [3.05, 3.63) is 24.3 Å². The van der Waals surface area contributed by atoms with Crippen molar-refractivity contribution < 1.29 is 8.42 Å². The monoisotopic (exact) mass is 315 g/mol. The number of hydrogen-bond acceptors (Lipinski definition) is 3. The molecular formula is C15H25NO2S2. The Kier molecular flexibility index (Phi) is 7.62. The number of thioether (sulfide) groups is 1. The molecule has 3 nitrogen and oxygen atoms in total. The van der Waals surface area contributed by atoms with E-state index in [-0.39, 0.29) is 0 Å². The minimum Gasteiger partial charge on any atom is -0.211 e. The van der Waals surface area contributed by atoms with Crippen LogP contribution in [0, 0.1) is 5.92 Å². The van der Waals surface area contributed by atoms with Crippen LogP contribution in [0.15, 0.2) is 34.1 Å². The molecule has 0 aliphatic heterocycles. The SMILES string of the molecule is CCCC[C@@H](CC)CNS(=O)(=O)c1ccc(SC)cc1. The van der Waals surface area contributed by atoms with Gasteiger partial charge in [0.25, 0.3) is 0 Å². The Morgan fingerprint density at radius 3 is 2.35 bits per heavy atom. The van der Waals surface area contributed by atoms with Gasteiger partial charge in [0.2, 0.25) is 10.0 Å². The van der Waals surface area contributed by atoms with Gasteiger partial charge in [-0.15, -0.1) is 11.8 Å². The fourth-order valence-electron chi connectivity index (χ4n) is 2.01. The van der Waals surface area contributed by atoms with Gasteiger partial charge in [0.05, 0.1) is 4.90 Å². The van der Waals surface area contributed by atoms with Crippen molar-refractivity contribution in [3.8, 4) is 0 Å². The van der Waals surface area contributed by atoms with Crippen molar-refractivity contribution >= 4 is 21.8 Å². The largest absolute Gasteiger partial charge is 0.240 e. The zero-order valence-corrected chi connectivity index (χ0v) is 14.2. The lowest BCUT2D eigenvalue weighted by Gasteiger charge is -2.15. The maximum Gasteiger partial charge on any atom is 0.240 e. The molecule has 0 unspecified atom stereocenters. The fourth-order valence-corrected chi connectivity index (χ4v) is 3.53. The summed E-state index contributed by atoms with van der Waals surface area (Å²) >= 11 is 1.60. The molecule has 1 aromatic rings. The number of nitrogens with one attached hydrogen (secondary N) is 1. The normalized spacial score (nSPS) is 13.3. The second-order valence-corrected chi connectivity index (χ2v) is 7.59. The highest BCUT2D eigenvalue weighted by molar-refractivity contribution is 7.98. The first-order chi connectivity index (χ1) is 9.53. The molecule has 0 radical (unpaired) electrons. The Labute approximate surface area is 127 Å². The van der Waals surface area contributed by atoms with Crippen molar-refractivity contribution in [2.75, 3.05) is 12.8 Å². The molecule has 1 rings (SSSR count). The number of hydrogen-bond donors (Lipinski definition) is 1. The average molecular weight is 316 g/mol. The van der Waals surface area contributed by atoms with Crippen LogP contribution >= 0.6 is 11.8 Å². The van der Waals surface area contributed by atoms with Crippen molar-refractivity contribution in [1.82, 2.24) is 4.72 Å². The van der Waals surface area contributed by atoms with Crippen LogP contribution in [-0.2, 0) is 10.0 Å². The Bertz CT molecular complexity index is 483. The highest BCUT2D eigenvalue weighted by Gasteiger charge is 2.15. The standard InChI is InChI=1S/C15H25NO2S2/c1-4-6-7-13(5-2)12-16-20(17,18)15-10-8-14(19-3)9-11-15/h8-11,13,16H,4-7,12H2,1-3H3/t13-/m1/s1. The van der Waals surface area contributed by atoms with Crippen LogP contribution in [0.1, 0.15) is 39.5 Å². The molecular weight excluding hydrogens is 290 g/mol. The fraction of sp³-hybridized carbons (Fsp3) is 0.600. The molecule has 114 valence electrons. The zero-order chi connectivity index (χ0) is 15.0. The van der Waals surface area contributed by atoms with E-state index in [1.165, 1.54) is 0 Å². The second-order valence-electron chi connectivity index (χ2n) is 4.94. The van der Waals surface area contributed by atoms with Gasteiger partial charge in [0.1, 0.15) is 0 Å². The van der Waals surface area contributed by atoms with Crippen LogP contribution in [-0.4, -0.2) is 21.2 Å². The summed E-state index contributed by atoms with van der Waals surface area (Å²) in [6.07, 6.45) is 6.37. The van der Waals surface area contributed by atoms with Crippen LogP contribution in [0.3, 0.4) is 0 Å². The number of unbranched alkanes of at least 4 members (excludes halogenated alkanes) is 1. The van der Waals surface area contributed by atoms with Crippen LogP contribution < -0.4 is 4.72 Å². The third kappa shape index (κ3) is 5.46. The van der Waals surface area contributed by atoms with Gasteiger partial charge in [0, 0.05) is 11.4 Å². The topological polar surface area (TPSA) is 46.2 Å². The third-order valence-corrected chi connectivity index (χ3v) is 5.66. The van der Waals surface area contributed by atoms with Crippen LogP contribution in [0.25, 0.3) is 0 Å². The van der Waals surface area contributed by atoms with Gasteiger partial charge in [-0.1, -0.05) is 33.1 Å². The summed E-state index contributed by atoms with van der Waals surface area (Å²) in [7, 11) is -3.37. The van der Waals surface area contributed by atoms with Gasteiger partial charge >= 0.3 is 0 Å². The highest BCUT2D eigenvalue weighted by atomic mass is 32.2. The van der Waals surface area contributed by atoms with Crippen LogP contribution in [0.4, 0.5) is 0 Å². The zero-order valence-electron chi connectivity index (χ0n) is 12.6. The molecule has 1 aromatic carbocycles. The predicted octanol–water partition coefficient (Wildman–Crippen LogP) is 3.90. The summed E-state index contributed by atoms with van der Waals surface area (Å²) in [6.45, 7) is 4.80. The van der Waals surface area contributed by atoms with E-state index in [1.54, 1.807) is 23.9 Å². The molecule has 0 aliphatic carbocycles. The van der Waals surface area contributed by atoms with Crippen LogP contribution in [0.5, 0.6) is 0 Å². The smallest absolute Gasteiger partial charge is 0.211 e. The maximum atomic E-state index is 12.2. The molecule has 0 bridgehead atoms. The molecule has 0 spiro atoms. The van der Waals surface area contributed by atoms with Gasteiger partial charge < -0.3 is 0 Å². The predicted molar refractivity (Wildman–Crippen MR) is 86.7 cm³/mol. The van der Waals surface area contributed by atoms with Gasteiger partial charge in [-0.2, -0.15) is 0 Å². The Morgan fingerprint density at radius 1 is 1.20 bits per heavy atom. The van der Waals surface area contributed by atoms with E-state index in [9.17, 15) is 8.42 Å². The second kappa shape index (κ2) is 8.70. The molecule has 0 aliphatic rings. The third-order valence-electron chi connectivity index (χ3n) is 3.48. The van der Waals surface area contributed by atoms with Crippen molar-refractivity contribution in [2.45, 2.75) is 49.3 Å². The first-order valence-electron chi connectivity index (χ1n) is 7.17. The first-order valence-corrected chi connectivity index (χ1v) is 9.88.